The number of carbonyl (C=O) groups is 1. The number of aromatic nitrogens is 6. The van der Waals surface area contributed by atoms with E-state index in [-0.39, 0.29) is 11.4 Å². The Morgan fingerprint density at radius 2 is 1.64 bits per heavy atom. The van der Waals surface area contributed by atoms with Gasteiger partial charge in [0, 0.05) is 12.4 Å². The molecule has 0 aliphatic carbocycles. The highest BCUT2D eigenvalue weighted by Crippen LogP contribution is 2.20. The van der Waals surface area contributed by atoms with E-state index >= 15 is 0 Å². The monoisotopic (exact) mass is 370 g/mol. The van der Waals surface area contributed by atoms with Gasteiger partial charge in [-0.1, -0.05) is 12.1 Å². The maximum Gasteiger partial charge on any atom is 0.260 e. The van der Waals surface area contributed by atoms with E-state index in [2.05, 4.69) is 25.5 Å². The number of nitriles is 1. The molecule has 4 aromatic heterocycles. The molecule has 0 aromatic carbocycles. The van der Waals surface area contributed by atoms with Crippen LogP contribution in [0.2, 0.25) is 0 Å². The third-order valence-electron chi connectivity index (χ3n) is 4.11. The fourth-order valence-corrected chi connectivity index (χ4v) is 2.72. The standard InChI is InChI=1S/C19H14N8O/c1-13-15(12-24-26(13)16-6-2-4-8-21-16)19(28)25-18-14(10-20)11-23-27(18)17-7-3-5-9-22-17/h2-9,11-12H,1H3,(H,25,28). The van der Waals surface area contributed by atoms with Gasteiger partial charge < -0.3 is 5.32 Å². The molecule has 28 heavy (non-hydrogen) atoms. The number of amides is 1. The third-order valence-corrected chi connectivity index (χ3v) is 4.11. The molecule has 4 heterocycles. The Hall–Kier alpha value is -4.32. The lowest BCUT2D eigenvalue weighted by Crippen LogP contribution is -2.17. The molecule has 0 saturated carbocycles. The van der Waals surface area contributed by atoms with Crippen molar-refractivity contribution >= 4 is 11.7 Å². The van der Waals surface area contributed by atoms with Crippen LogP contribution >= 0.6 is 0 Å². The Morgan fingerprint density at radius 1 is 1.00 bits per heavy atom. The average Bonchev–Trinajstić information content (AvgIpc) is 3.32. The van der Waals surface area contributed by atoms with Crippen LogP contribution in [0.1, 0.15) is 21.6 Å². The molecule has 0 unspecified atom stereocenters. The quantitative estimate of drug-likeness (QED) is 0.589. The van der Waals surface area contributed by atoms with Crippen LogP contribution in [-0.4, -0.2) is 35.4 Å². The van der Waals surface area contributed by atoms with E-state index in [1.807, 2.05) is 12.1 Å². The van der Waals surface area contributed by atoms with Crippen molar-refractivity contribution in [1.29, 1.82) is 5.26 Å². The first-order valence-electron chi connectivity index (χ1n) is 8.36. The number of nitrogens with one attached hydrogen (secondary N) is 1. The van der Waals surface area contributed by atoms with Crippen molar-refractivity contribution in [2.45, 2.75) is 6.92 Å². The van der Waals surface area contributed by atoms with Gasteiger partial charge in [-0.3, -0.25) is 4.79 Å². The maximum absolute atomic E-state index is 12.9. The normalized spacial score (nSPS) is 10.4. The lowest BCUT2D eigenvalue weighted by atomic mass is 10.2. The molecule has 1 amide bonds. The number of hydrogen-bond donors (Lipinski definition) is 1. The summed E-state index contributed by atoms with van der Waals surface area (Å²) in [6.45, 7) is 1.78. The summed E-state index contributed by atoms with van der Waals surface area (Å²) < 4.78 is 2.99. The molecule has 0 spiro atoms. The fraction of sp³-hybridized carbons (Fsp3) is 0.0526. The Labute approximate surface area is 159 Å². The van der Waals surface area contributed by atoms with Gasteiger partial charge in [0.15, 0.2) is 17.5 Å². The number of pyridine rings is 2. The van der Waals surface area contributed by atoms with Crippen molar-refractivity contribution in [3.05, 3.63) is 78.0 Å². The SMILES string of the molecule is Cc1c(C(=O)Nc2c(C#N)cnn2-c2ccccn2)cnn1-c1ccccn1. The van der Waals surface area contributed by atoms with Crippen LogP contribution in [0.3, 0.4) is 0 Å². The van der Waals surface area contributed by atoms with Crippen molar-refractivity contribution in [3.63, 3.8) is 0 Å². The first-order chi connectivity index (χ1) is 13.7. The summed E-state index contributed by atoms with van der Waals surface area (Å²) in [7, 11) is 0. The molecule has 4 aromatic rings. The second kappa shape index (κ2) is 7.13. The van der Waals surface area contributed by atoms with Crippen molar-refractivity contribution in [2.75, 3.05) is 5.32 Å². The molecule has 0 fully saturated rings. The first-order valence-corrected chi connectivity index (χ1v) is 8.36. The molecule has 0 aliphatic rings. The molecule has 0 atom stereocenters. The van der Waals surface area contributed by atoms with E-state index in [1.54, 1.807) is 54.3 Å². The number of carbonyl (C=O) groups excluding carboxylic acids is 1. The molecule has 1 N–H and O–H groups in total. The van der Waals surface area contributed by atoms with E-state index in [1.165, 1.54) is 17.1 Å². The summed E-state index contributed by atoms with van der Waals surface area (Å²) in [5, 5.41) is 20.5. The molecule has 0 aliphatic heterocycles. The smallest absolute Gasteiger partial charge is 0.260 e. The van der Waals surface area contributed by atoms with Gasteiger partial charge in [0.1, 0.15) is 11.6 Å². The third kappa shape index (κ3) is 2.99. The van der Waals surface area contributed by atoms with Crippen LogP contribution in [0.5, 0.6) is 0 Å². The minimum Gasteiger partial charge on any atom is -0.305 e. The molecule has 0 saturated heterocycles. The highest BCUT2D eigenvalue weighted by Gasteiger charge is 2.20. The number of hydrogen-bond acceptors (Lipinski definition) is 6. The molecular formula is C19H14N8O. The van der Waals surface area contributed by atoms with Crippen LogP contribution in [0, 0.1) is 18.3 Å². The number of anilines is 1. The van der Waals surface area contributed by atoms with Gasteiger partial charge >= 0.3 is 0 Å². The van der Waals surface area contributed by atoms with Gasteiger partial charge in [-0.15, -0.1) is 0 Å². The predicted molar refractivity (Wildman–Crippen MR) is 100 cm³/mol. The van der Waals surface area contributed by atoms with Crippen molar-refractivity contribution < 1.29 is 4.79 Å². The van der Waals surface area contributed by atoms with Gasteiger partial charge in [-0.25, -0.2) is 14.6 Å². The number of nitrogens with zero attached hydrogens (tertiary/aromatic N) is 7. The highest BCUT2D eigenvalue weighted by molar-refractivity contribution is 6.05. The topological polar surface area (TPSA) is 114 Å². The molecule has 9 nitrogen and oxygen atoms in total. The van der Waals surface area contributed by atoms with E-state index in [0.29, 0.717) is 22.9 Å². The van der Waals surface area contributed by atoms with Crippen LogP contribution in [0.4, 0.5) is 5.82 Å². The van der Waals surface area contributed by atoms with E-state index in [0.717, 1.165) is 0 Å². The van der Waals surface area contributed by atoms with Gasteiger partial charge in [-0.05, 0) is 31.2 Å². The minimum absolute atomic E-state index is 0.230. The van der Waals surface area contributed by atoms with Crippen molar-refractivity contribution in [1.82, 2.24) is 29.5 Å². The Kier molecular flexibility index (Phi) is 4.35. The van der Waals surface area contributed by atoms with E-state index < -0.39 is 5.91 Å². The van der Waals surface area contributed by atoms with E-state index in [4.69, 9.17) is 0 Å². The Balaban J connectivity index is 1.68. The van der Waals surface area contributed by atoms with Gasteiger partial charge in [0.2, 0.25) is 0 Å². The molecule has 136 valence electrons. The molecular weight excluding hydrogens is 356 g/mol. The predicted octanol–water partition coefficient (Wildman–Crippen LogP) is 2.28. The second-order valence-electron chi connectivity index (χ2n) is 5.82. The van der Waals surface area contributed by atoms with Gasteiger partial charge in [0.05, 0.1) is 23.7 Å². The van der Waals surface area contributed by atoms with Crippen molar-refractivity contribution in [2.24, 2.45) is 0 Å². The summed E-state index contributed by atoms with van der Waals surface area (Å²) in [4.78, 5) is 21.3. The zero-order valence-electron chi connectivity index (χ0n) is 14.8. The zero-order valence-corrected chi connectivity index (χ0v) is 14.8. The summed E-state index contributed by atoms with van der Waals surface area (Å²) in [5.74, 6) is 0.931. The van der Waals surface area contributed by atoms with E-state index in [9.17, 15) is 10.1 Å². The summed E-state index contributed by atoms with van der Waals surface area (Å²) >= 11 is 0. The fourth-order valence-electron chi connectivity index (χ4n) is 2.72. The second-order valence-corrected chi connectivity index (χ2v) is 5.82. The molecule has 4 rings (SSSR count). The molecule has 0 bridgehead atoms. The average molecular weight is 370 g/mol. The largest absolute Gasteiger partial charge is 0.305 e. The van der Waals surface area contributed by atoms with Crippen LogP contribution in [0.15, 0.2) is 61.2 Å². The van der Waals surface area contributed by atoms with Crippen LogP contribution < -0.4 is 5.32 Å². The van der Waals surface area contributed by atoms with Crippen molar-refractivity contribution in [3.8, 4) is 17.7 Å². The summed E-state index contributed by atoms with van der Waals surface area (Å²) in [5.41, 5.74) is 1.22. The first kappa shape index (κ1) is 17.1. The summed E-state index contributed by atoms with van der Waals surface area (Å²) in [6.07, 6.45) is 6.11. The van der Waals surface area contributed by atoms with Crippen LogP contribution in [0.25, 0.3) is 11.6 Å². The Bertz CT molecular complexity index is 1170. The van der Waals surface area contributed by atoms with Crippen LogP contribution in [-0.2, 0) is 0 Å². The molecule has 9 heteroatoms. The van der Waals surface area contributed by atoms with Gasteiger partial charge in [0.25, 0.3) is 5.91 Å². The number of rotatable bonds is 4. The lowest BCUT2D eigenvalue weighted by Gasteiger charge is -2.09. The Morgan fingerprint density at radius 3 is 2.25 bits per heavy atom. The minimum atomic E-state index is -0.408. The molecule has 0 radical (unpaired) electrons. The summed E-state index contributed by atoms with van der Waals surface area (Å²) in [6, 6.07) is 12.8. The lowest BCUT2D eigenvalue weighted by molar-refractivity contribution is 0.102. The zero-order chi connectivity index (χ0) is 19.5. The maximum atomic E-state index is 12.9. The van der Waals surface area contributed by atoms with Gasteiger partial charge in [-0.2, -0.15) is 20.1 Å². The highest BCUT2D eigenvalue weighted by atomic mass is 16.1.